The van der Waals surface area contributed by atoms with Crippen LogP contribution < -0.4 is 5.73 Å². The zero-order valence-electron chi connectivity index (χ0n) is 13.1. The van der Waals surface area contributed by atoms with Crippen molar-refractivity contribution >= 4 is 28.5 Å². The number of halogens is 1. The fraction of sp³-hybridized carbons (Fsp3) is 0.222. The summed E-state index contributed by atoms with van der Waals surface area (Å²) >= 11 is 6.22. The average Bonchev–Trinajstić information content (AvgIpc) is 2.91. The van der Waals surface area contributed by atoms with E-state index in [1.807, 2.05) is 0 Å². The number of hydrogen-bond donors (Lipinski definition) is 1. The Morgan fingerprint density at radius 1 is 1.17 bits per heavy atom. The summed E-state index contributed by atoms with van der Waals surface area (Å²) < 4.78 is 2.07. The van der Waals surface area contributed by atoms with E-state index in [1.165, 1.54) is 5.56 Å². The lowest BCUT2D eigenvalue weighted by Crippen LogP contribution is -2.11. The van der Waals surface area contributed by atoms with E-state index in [9.17, 15) is 4.79 Å². The van der Waals surface area contributed by atoms with E-state index < -0.39 is 5.91 Å². The monoisotopic (exact) mass is 327 g/mol. The van der Waals surface area contributed by atoms with Crippen molar-refractivity contribution in [1.82, 2.24) is 9.55 Å². The Balaban J connectivity index is 2.25. The van der Waals surface area contributed by atoms with Crippen LogP contribution in [0.3, 0.4) is 0 Å². The van der Waals surface area contributed by atoms with E-state index in [4.69, 9.17) is 17.3 Å². The van der Waals surface area contributed by atoms with Gasteiger partial charge in [-0.3, -0.25) is 9.36 Å². The second-order valence-electron chi connectivity index (χ2n) is 5.42. The molecule has 4 nitrogen and oxygen atoms in total. The van der Waals surface area contributed by atoms with E-state index in [2.05, 4.69) is 47.7 Å². The van der Waals surface area contributed by atoms with Crippen molar-refractivity contribution in [3.8, 4) is 5.69 Å². The summed E-state index contributed by atoms with van der Waals surface area (Å²) in [6, 6.07) is 11.8. The van der Waals surface area contributed by atoms with Crippen LogP contribution in [0.2, 0.25) is 5.02 Å². The molecule has 0 aliphatic heterocycles. The average molecular weight is 328 g/mol. The van der Waals surface area contributed by atoms with Crippen molar-refractivity contribution in [3.63, 3.8) is 0 Å². The van der Waals surface area contributed by atoms with Gasteiger partial charge in [-0.2, -0.15) is 0 Å². The molecule has 0 radical (unpaired) electrons. The van der Waals surface area contributed by atoms with Crippen LogP contribution in [0.25, 0.3) is 16.7 Å². The van der Waals surface area contributed by atoms with Gasteiger partial charge in [0.25, 0.3) is 0 Å². The van der Waals surface area contributed by atoms with Crippen LogP contribution in [0.1, 0.15) is 35.6 Å². The smallest absolute Gasteiger partial charge is 0.250 e. The van der Waals surface area contributed by atoms with E-state index in [-0.39, 0.29) is 0 Å². The molecule has 2 aromatic carbocycles. The lowest BCUT2D eigenvalue weighted by Gasteiger charge is -2.09. The number of carbonyl (C=O) groups is 1. The Bertz CT molecular complexity index is 881. The normalized spacial score (nSPS) is 11.1. The third kappa shape index (κ3) is 2.70. The number of nitrogens with two attached hydrogens (primary N) is 1. The molecule has 0 saturated carbocycles. The molecule has 0 aliphatic rings. The van der Waals surface area contributed by atoms with Crippen molar-refractivity contribution in [2.75, 3.05) is 0 Å². The highest BCUT2D eigenvalue weighted by Crippen LogP contribution is 2.28. The predicted molar refractivity (Wildman–Crippen MR) is 93.4 cm³/mol. The highest BCUT2D eigenvalue weighted by Gasteiger charge is 2.16. The quantitative estimate of drug-likeness (QED) is 0.790. The second kappa shape index (κ2) is 6.05. The van der Waals surface area contributed by atoms with Gasteiger partial charge in [0.05, 0.1) is 21.6 Å². The van der Waals surface area contributed by atoms with Crippen LogP contribution in [-0.2, 0) is 12.8 Å². The van der Waals surface area contributed by atoms with Gasteiger partial charge in [-0.25, -0.2) is 4.98 Å². The Morgan fingerprint density at radius 2 is 1.87 bits per heavy atom. The van der Waals surface area contributed by atoms with Gasteiger partial charge in [0.1, 0.15) is 5.82 Å². The van der Waals surface area contributed by atoms with Gasteiger partial charge in [0.15, 0.2) is 0 Å². The third-order valence-electron chi connectivity index (χ3n) is 4.00. The van der Waals surface area contributed by atoms with Crippen LogP contribution >= 0.6 is 11.6 Å². The number of hydrogen-bond acceptors (Lipinski definition) is 2. The van der Waals surface area contributed by atoms with Crippen molar-refractivity contribution < 1.29 is 4.79 Å². The second-order valence-corrected chi connectivity index (χ2v) is 5.83. The molecule has 0 atom stereocenters. The van der Waals surface area contributed by atoms with E-state index in [1.54, 1.807) is 12.1 Å². The molecule has 23 heavy (non-hydrogen) atoms. The van der Waals surface area contributed by atoms with Gasteiger partial charge >= 0.3 is 0 Å². The van der Waals surface area contributed by atoms with Gasteiger partial charge in [0.2, 0.25) is 5.91 Å². The molecule has 3 aromatic rings. The Kier molecular flexibility index (Phi) is 4.09. The molecule has 0 saturated heterocycles. The topological polar surface area (TPSA) is 60.9 Å². The van der Waals surface area contributed by atoms with Crippen LogP contribution in [0.4, 0.5) is 0 Å². The Morgan fingerprint density at radius 3 is 2.43 bits per heavy atom. The predicted octanol–water partition coefficient (Wildman–Crippen LogP) is 3.90. The minimum Gasteiger partial charge on any atom is -0.366 e. The first-order chi connectivity index (χ1) is 11.0. The minimum absolute atomic E-state index is 0.299. The maximum Gasteiger partial charge on any atom is 0.250 e. The molecule has 0 spiro atoms. The molecule has 1 amide bonds. The standard InChI is InChI=1S/C18H18ClN3O/c1-3-11-5-7-12(8-6-11)22-16-10-14(19)13(18(20)23)9-15(16)21-17(22)4-2/h5-10H,3-4H2,1-2H3,(H2,20,23). The van der Waals surface area contributed by atoms with Crippen LogP contribution in [0.15, 0.2) is 36.4 Å². The largest absolute Gasteiger partial charge is 0.366 e. The molecular formula is C18H18ClN3O. The maximum atomic E-state index is 11.5. The molecule has 118 valence electrons. The Hall–Kier alpha value is -2.33. The maximum absolute atomic E-state index is 11.5. The molecular weight excluding hydrogens is 310 g/mol. The van der Waals surface area contributed by atoms with Gasteiger partial charge in [0, 0.05) is 12.1 Å². The molecule has 0 bridgehead atoms. The number of fused-ring (bicyclic) bond motifs is 1. The fourth-order valence-corrected chi connectivity index (χ4v) is 2.99. The van der Waals surface area contributed by atoms with Crippen LogP contribution in [0.5, 0.6) is 0 Å². The Labute approximate surface area is 139 Å². The zero-order chi connectivity index (χ0) is 16.6. The summed E-state index contributed by atoms with van der Waals surface area (Å²) in [6.45, 7) is 4.18. The fourth-order valence-electron chi connectivity index (χ4n) is 2.74. The number of aryl methyl sites for hydroxylation is 2. The molecule has 3 rings (SSSR count). The lowest BCUT2D eigenvalue weighted by atomic mass is 10.1. The third-order valence-corrected chi connectivity index (χ3v) is 4.31. The number of rotatable bonds is 4. The van der Waals surface area contributed by atoms with Crippen molar-refractivity contribution in [2.24, 2.45) is 5.73 Å². The van der Waals surface area contributed by atoms with E-state index in [0.717, 1.165) is 35.4 Å². The first kappa shape index (κ1) is 15.6. The summed E-state index contributed by atoms with van der Waals surface area (Å²) in [5.74, 6) is 0.374. The molecule has 0 aliphatic carbocycles. The van der Waals surface area contributed by atoms with E-state index in [0.29, 0.717) is 10.6 Å². The molecule has 1 heterocycles. The molecule has 2 N–H and O–H groups in total. The molecule has 1 aromatic heterocycles. The van der Waals surface area contributed by atoms with Gasteiger partial charge in [-0.1, -0.05) is 37.6 Å². The van der Waals surface area contributed by atoms with Crippen molar-refractivity contribution in [1.29, 1.82) is 0 Å². The number of aromatic nitrogens is 2. The first-order valence-corrected chi connectivity index (χ1v) is 8.03. The zero-order valence-corrected chi connectivity index (χ0v) is 13.9. The molecule has 5 heteroatoms. The van der Waals surface area contributed by atoms with Crippen molar-refractivity contribution in [3.05, 3.63) is 58.4 Å². The number of primary amides is 1. The summed E-state index contributed by atoms with van der Waals surface area (Å²) in [4.78, 5) is 16.1. The van der Waals surface area contributed by atoms with Gasteiger partial charge in [-0.15, -0.1) is 0 Å². The molecule has 0 unspecified atom stereocenters. The summed E-state index contributed by atoms with van der Waals surface area (Å²) in [7, 11) is 0. The van der Waals surface area contributed by atoms with Gasteiger partial charge < -0.3 is 5.73 Å². The minimum atomic E-state index is -0.545. The highest BCUT2D eigenvalue weighted by atomic mass is 35.5. The van der Waals surface area contributed by atoms with Crippen molar-refractivity contribution in [2.45, 2.75) is 26.7 Å². The highest BCUT2D eigenvalue weighted by molar-refractivity contribution is 6.34. The number of imidazole rings is 1. The van der Waals surface area contributed by atoms with E-state index >= 15 is 0 Å². The van der Waals surface area contributed by atoms with Gasteiger partial charge in [-0.05, 0) is 36.2 Å². The summed E-state index contributed by atoms with van der Waals surface area (Å²) in [6.07, 6.45) is 1.77. The first-order valence-electron chi connectivity index (χ1n) is 7.65. The number of benzene rings is 2. The number of nitrogens with zero attached hydrogens (tertiary/aromatic N) is 2. The summed E-state index contributed by atoms with van der Waals surface area (Å²) in [5, 5.41) is 0.346. The lowest BCUT2D eigenvalue weighted by molar-refractivity contribution is 0.100. The number of carbonyl (C=O) groups excluding carboxylic acids is 1. The number of amides is 1. The molecule has 0 fully saturated rings. The van der Waals surface area contributed by atoms with Crippen LogP contribution in [-0.4, -0.2) is 15.5 Å². The summed E-state index contributed by atoms with van der Waals surface area (Å²) in [5.41, 5.74) is 9.58. The SMILES string of the molecule is CCc1ccc(-n2c(CC)nc3cc(C(N)=O)c(Cl)cc32)cc1. The van der Waals surface area contributed by atoms with Crippen LogP contribution in [0, 0.1) is 0 Å².